The fraction of sp³-hybridized carbons (Fsp3) is 0.0526. The predicted octanol–water partition coefficient (Wildman–Crippen LogP) is 4.88. The highest BCUT2D eigenvalue weighted by molar-refractivity contribution is 7.16. The fourth-order valence-electron chi connectivity index (χ4n) is 2.63. The molecule has 0 saturated carbocycles. The summed E-state index contributed by atoms with van der Waals surface area (Å²) in [4.78, 5) is 18.1. The lowest BCUT2D eigenvalue weighted by Crippen LogP contribution is -2.28. The molecule has 4 aromatic rings. The third-order valence-electron chi connectivity index (χ3n) is 3.83. The molecule has 24 heavy (non-hydrogen) atoms. The first-order valence-corrected chi connectivity index (χ1v) is 9.29. The Balaban J connectivity index is 1.65. The van der Waals surface area contributed by atoms with Gasteiger partial charge in [-0.15, -0.1) is 22.7 Å². The molecule has 0 bridgehead atoms. The highest BCUT2D eigenvalue weighted by atomic mass is 32.1. The second-order valence-electron chi connectivity index (χ2n) is 5.37. The van der Waals surface area contributed by atoms with Crippen molar-refractivity contribution in [2.24, 2.45) is 0 Å². The first-order chi connectivity index (χ1) is 11.8. The summed E-state index contributed by atoms with van der Waals surface area (Å²) in [5, 5.41) is 5.19. The normalized spacial score (nSPS) is 12.2. The molecule has 4 rings (SSSR count). The molecule has 1 atom stereocenters. The maximum absolute atomic E-state index is 12.8. The van der Waals surface area contributed by atoms with Crippen molar-refractivity contribution in [2.75, 3.05) is 0 Å². The van der Waals surface area contributed by atoms with E-state index in [1.807, 2.05) is 60.0 Å². The Bertz CT molecular complexity index is 961. The van der Waals surface area contributed by atoms with Crippen molar-refractivity contribution in [1.29, 1.82) is 0 Å². The van der Waals surface area contributed by atoms with Crippen LogP contribution in [0.1, 0.15) is 26.8 Å². The molecular formula is C19H14N2OS2. The maximum Gasteiger partial charge on any atom is 0.252 e. The minimum atomic E-state index is -0.143. The summed E-state index contributed by atoms with van der Waals surface area (Å²) >= 11 is 3.19. The monoisotopic (exact) mass is 350 g/mol. The van der Waals surface area contributed by atoms with Gasteiger partial charge in [-0.2, -0.15) is 0 Å². The van der Waals surface area contributed by atoms with E-state index in [2.05, 4.69) is 16.4 Å². The van der Waals surface area contributed by atoms with Crippen LogP contribution in [0.4, 0.5) is 0 Å². The largest absolute Gasteiger partial charge is 0.340 e. The van der Waals surface area contributed by atoms with Crippen molar-refractivity contribution < 1.29 is 4.79 Å². The van der Waals surface area contributed by atoms with Crippen LogP contribution < -0.4 is 5.32 Å². The molecule has 0 fully saturated rings. The average Bonchev–Trinajstić information content (AvgIpc) is 3.31. The summed E-state index contributed by atoms with van der Waals surface area (Å²) in [5.41, 5.74) is 4.45. The van der Waals surface area contributed by atoms with Crippen molar-refractivity contribution in [3.05, 3.63) is 87.6 Å². The Morgan fingerprint density at radius 1 is 1.00 bits per heavy atom. The van der Waals surface area contributed by atoms with Gasteiger partial charge >= 0.3 is 0 Å². The number of thiazole rings is 1. The maximum atomic E-state index is 12.8. The predicted molar refractivity (Wildman–Crippen MR) is 99.7 cm³/mol. The van der Waals surface area contributed by atoms with Crippen LogP contribution in [0, 0.1) is 0 Å². The Hall–Kier alpha value is -2.50. The second-order valence-corrected chi connectivity index (χ2v) is 7.23. The third kappa shape index (κ3) is 2.96. The first-order valence-electron chi connectivity index (χ1n) is 7.54. The number of carbonyl (C=O) groups is 1. The van der Waals surface area contributed by atoms with Crippen LogP contribution in [0.15, 0.2) is 71.6 Å². The molecular weight excluding hydrogens is 336 g/mol. The molecule has 1 amide bonds. The SMILES string of the molecule is O=C(NC(c1ccccc1)c1cccs1)c1ccc2ncsc2c1. The zero-order chi connectivity index (χ0) is 16.4. The molecule has 0 saturated heterocycles. The summed E-state index contributed by atoms with van der Waals surface area (Å²) < 4.78 is 1.02. The Morgan fingerprint density at radius 3 is 2.67 bits per heavy atom. The van der Waals surface area contributed by atoms with Crippen LogP contribution in [-0.4, -0.2) is 10.9 Å². The summed E-state index contributed by atoms with van der Waals surface area (Å²) in [6.07, 6.45) is 0. The zero-order valence-corrected chi connectivity index (χ0v) is 14.3. The minimum absolute atomic E-state index is 0.0763. The first kappa shape index (κ1) is 15.1. The highest BCUT2D eigenvalue weighted by Crippen LogP contribution is 2.27. The molecule has 118 valence electrons. The van der Waals surface area contributed by atoms with Crippen LogP contribution in [0.25, 0.3) is 10.2 Å². The summed E-state index contributed by atoms with van der Waals surface area (Å²) in [6.45, 7) is 0. The third-order valence-corrected chi connectivity index (χ3v) is 5.56. The molecule has 0 aliphatic carbocycles. The van der Waals surface area contributed by atoms with Gasteiger partial charge in [0, 0.05) is 10.4 Å². The number of benzene rings is 2. The smallest absolute Gasteiger partial charge is 0.252 e. The van der Waals surface area contributed by atoms with Gasteiger partial charge in [0.15, 0.2) is 0 Å². The molecule has 2 heterocycles. The van der Waals surface area contributed by atoms with E-state index in [9.17, 15) is 4.79 Å². The van der Waals surface area contributed by atoms with E-state index in [-0.39, 0.29) is 11.9 Å². The van der Waals surface area contributed by atoms with Crippen molar-refractivity contribution in [3.63, 3.8) is 0 Å². The van der Waals surface area contributed by atoms with Crippen LogP contribution in [0.2, 0.25) is 0 Å². The van der Waals surface area contributed by atoms with E-state index in [4.69, 9.17) is 0 Å². The molecule has 1 N–H and O–H groups in total. The van der Waals surface area contributed by atoms with E-state index < -0.39 is 0 Å². The molecule has 2 aromatic heterocycles. The number of fused-ring (bicyclic) bond motifs is 1. The van der Waals surface area contributed by atoms with E-state index in [0.29, 0.717) is 5.56 Å². The molecule has 0 spiro atoms. The molecule has 0 aliphatic rings. The summed E-state index contributed by atoms with van der Waals surface area (Å²) in [7, 11) is 0. The van der Waals surface area contributed by atoms with Gasteiger partial charge in [-0.1, -0.05) is 36.4 Å². The Kier molecular flexibility index (Phi) is 4.11. The van der Waals surface area contributed by atoms with E-state index in [1.165, 1.54) is 0 Å². The molecule has 5 heteroatoms. The zero-order valence-electron chi connectivity index (χ0n) is 12.7. The van der Waals surface area contributed by atoms with Gasteiger partial charge in [0.05, 0.1) is 21.8 Å². The minimum Gasteiger partial charge on any atom is -0.340 e. The van der Waals surface area contributed by atoms with Gasteiger partial charge in [0.1, 0.15) is 0 Å². The number of amides is 1. The molecule has 1 unspecified atom stereocenters. The topological polar surface area (TPSA) is 42.0 Å². The van der Waals surface area contributed by atoms with Gasteiger partial charge in [-0.25, -0.2) is 4.98 Å². The number of thiophene rings is 1. The lowest BCUT2D eigenvalue weighted by molar-refractivity contribution is 0.0943. The van der Waals surface area contributed by atoms with E-state index >= 15 is 0 Å². The van der Waals surface area contributed by atoms with Gasteiger partial charge in [0.25, 0.3) is 5.91 Å². The van der Waals surface area contributed by atoms with Crippen LogP contribution in [-0.2, 0) is 0 Å². The van der Waals surface area contributed by atoms with Crippen LogP contribution >= 0.6 is 22.7 Å². The van der Waals surface area contributed by atoms with Gasteiger partial charge < -0.3 is 5.32 Å². The second kappa shape index (κ2) is 6.55. The molecule has 0 aliphatic heterocycles. The Morgan fingerprint density at radius 2 is 1.88 bits per heavy atom. The van der Waals surface area contributed by atoms with Crippen molar-refractivity contribution >= 4 is 38.8 Å². The van der Waals surface area contributed by atoms with Gasteiger partial charge in [-0.3, -0.25) is 4.79 Å². The molecule has 2 aromatic carbocycles. The fourth-order valence-corrected chi connectivity index (χ4v) is 4.15. The van der Waals surface area contributed by atoms with Gasteiger partial charge in [-0.05, 0) is 35.2 Å². The average molecular weight is 350 g/mol. The number of nitrogens with zero attached hydrogens (tertiary/aromatic N) is 1. The van der Waals surface area contributed by atoms with Crippen molar-refractivity contribution in [3.8, 4) is 0 Å². The van der Waals surface area contributed by atoms with Crippen molar-refractivity contribution in [2.45, 2.75) is 6.04 Å². The summed E-state index contributed by atoms with van der Waals surface area (Å²) in [5.74, 6) is -0.0763. The lowest BCUT2D eigenvalue weighted by Gasteiger charge is -2.18. The lowest BCUT2D eigenvalue weighted by atomic mass is 10.0. The number of hydrogen-bond acceptors (Lipinski definition) is 4. The Labute approximate surface area is 147 Å². The molecule has 3 nitrogen and oxygen atoms in total. The van der Waals surface area contributed by atoms with E-state index in [1.54, 1.807) is 28.2 Å². The van der Waals surface area contributed by atoms with Crippen LogP contribution in [0.5, 0.6) is 0 Å². The summed E-state index contributed by atoms with van der Waals surface area (Å²) in [6, 6.07) is 19.6. The standard InChI is InChI=1S/C19H14N2OS2/c22-19(14-8-9-15-17(11-14)24-12-20-15)21-18(16-7-4-10-23-16)13-5-2-1-3-6-13/h1-12,18H,(H,21,22). The van der Waals surface area contributed by atoms with Crippen molar-refractivity contribution in [1.82, 2.24) is 10.3 Å². The number of carbonyl (C=O) groups excluding carboxylic acids is 1. The number of rotatable bonds is 4. The quantitative estimate of drug-likeness (QED) is 0.570. The van der Waals surface area contributed by atoms with Gasteiger partial charge in [0.2, 0.25) is 0 Å². The van der Waals surface area contributed by atoms with E-state index in [0.717, 1.165) is 20.7 Å². The number of aromatic nitrogens is 1. The number of hydrogen-bond donors (Lipinski definition) is 1. The molecule has 0 radical (unpaired) electrons. The van der Waals surface area contributed by atoms with Crippen LogP contribution in [0.3, 0.4) is 0 Å². The highest BCUT2D eigenvalue weighted by Gasteiger charge is 2.19. The number of nitrogens with one attached hydrogen (secondary N) is 1.